The highest BCUT2D eigenvalue weighted by Crippen LogP contribution is 2.23. The van der Waals surface area contributed by atoms with Crippen LogP contribution in [-0.4, -0.2) is 9.88 Å². The van der Waals surface area contributed by atoms with Crippen LogP contribution in [0.4, 0.5) is 4.39 Å². The molecular weight excluding hydrogens is 349 g/mol. The fourth-order valence-corrected chi connectivity index (χ4v) is 3.09. The number of pyridine rings is 1. The first-order valence-corrected chi connectivity index (χ1v) is 8.85. The van der Waals surface area contributed by atoms with Crippen molar-refractivity contribution in [2.24, 2.45) is 5.73 Å². The molecule has 3 nitrogen and oxygen atoms in total. The van der Waals surface area contributed by atoms with Crippen molar-refractivity contribution in [2.75, 3.05) is 0 Å². The van der Waals surface area contributed by atoms with E-state index in [0.29, 0.717) is 36.8 Å². The molecule has 0 bridgehead atoms. The number of nitrogens with two attached hydrogens (primary N) is 1. The van der Waals surface area contributed by atoms with Gasteiger partial charge in [0.15, 0.2) is 0 Å². The third kappa shape index (κ3) is 4.88. The van der Waals surface area contributed by atoms with Crippen molar-refractivity contribution < 1.29 is 4.39 Å². The highest BCUT2D eigenvalue weighted by atomic mass is 35.5. The number of rotatable bonds is 7. The SMILES string of the molecule is NCc1ccc(CN(Cc2cccnc2)Cc2c(F)cccc2Cl)cc1. The number of halogens is 2. The van der Waals surface area contributed by atoms with Crippen LogP contribution in [0.5, 0.6) is 0 Å². The number of hydrogen-bond acceptors (Lipinski definition) is 3. The van der Waals surface area contributed by atoms with Gasteiger partial charge >= 0.3 is 0 Å². The minimum atomic E-state index is -0.285. The van der Waals surface area contributed by atoms with Gasteiger partial charge < -0.3 is 5.73 Å². The van der Waals surface area contributed by atoms with Crippen LogP contribution in [0.3, 0.4) is 0 Å². The first kappa shape index (κ1) is 18.5. The Bertz CT molecular complexity index is 817. The molecule has 134 valence electrons. The smallest absolute Gasteiger partial charge is 0.129 e. The van der Waals surface area contributed by atoms with E-state index in [9.17, 15) is 4.39 Å². The van der Waals surface area contributed by atoms with Gasteiger partial charge in [-0.25, -0.2) is 4.39 Å². The maximum absolute atomic E-state index is 14.2. The van der Waals surface area contributed by atoms with Crippen molar-refractivity contribution >= 4 is 11.6 Å². The Morgan fingerprint density at radius 3 is 2.27 bits per heavy atom. The zero-order valence-corrected chi connectivity index (χ0v) is 15.2. The molecule has 3 rings (SSSR count). The van der Waals surface area contributed by atoms with Crippen LogP contribution >= 0.6 is 11.6 Å². The summed E-state index contributed by atoms with van der Waals surface area (Å²) in [6.07, 6.45) is 3.57. The van der Waals surface area contributed by atoms with E-state index in [1.807, 2.05) is 30.5 Å². The van der Waals surface area contributed by atoms with E-state index in [-0.39, 0.29) is 5.82 Å². The van der Waals surface area contributed by atoms with E-state index >= 15 is 0 Å². The number of aromatic nitrogens is 1. The maximum Gasteiger partial charge on any atom is 0.129 e. The van der Waals surface area contributed by atoms with E-state index in [2.05, 4.69) is 22.0 Å². The summed E-state index contributed by atoms with van der Waals surface area (Å²) in [7, 11) is 0. The number of benzene rings is 2. The van der Waals surface area contributed by atoms with E-state index in [1.54, 1.807) is 18.3 Å². The van der Waals surface area contributed by atoms with Crippen LogP contribution in [0.1, 0.15) is 22.3 Å². The van der Waals surface area contributed by atoms with E-state index in [1.165, 1.54) is 6.07 Å². The summed E-state index contributed by atoms with van der Waals surface area (Å²) in [6.45, 7) is 2.26. The predicted molar refractivity (Wildman–Crippen MR) is 103 cm³/mol. The maximum atomic E-state index is 14.2. The van der Waals surface area contributed by atoms with Crippen LogP contribution < -0.4 is 5.73 Å². The van der Waals surface area contributed by atoms with Crippen molar-refractivity contribution in [3.8, 4) is 0 Å². The minimum Gasteiger partial charge on any atom is -0.326 e. The first-order chi connectivity index (χ1) is 12.7. The summed E-state index contributed by atoms with van der Waals surface area (Å²) in [5, 5.41) is 0.444. The quantitative estimate of drug-likeness (QED) is 0.665. The standard InChI is InChI=1S/C21H21ClFN3/c22-20-4-1-5-21(23)19(20)15-26(14-18-3-2-10-25-12-18)13-17-8-6-16(11-24)7-9-17/h1-10,12H,11,13-15,24H2. The Balaban J connectivity index is 1.83. The fourth-order valence-electron chi connectivity index (χ4n) is 2.86. The number of nitrogens with zero attached hydrogens (tertiary/aromatic N) is 2. The third-order valence-corrected chi connectivity index (χ3v) is 4.59. The fraction of sp³-hybridized carbons (Fsp3) is 0.190. The second-order valence-electron chi connectivity index (χ2n) is 6.23. The summed E-state index contributed by atoms with van der Waals surface area (Å²) in [5.74, 6) is -0.285. The lowest BCUT2D eigenvalue weighted by atomic mass is 10.1. The summed E-state index contributed by atoms with van der Waals surface area (Å²) in [5.41, 5.74) is 9.47. The normalized spacial score (nSPS) is 11.1. The molecule has 1 heterocycles. The Hall–Kier alpha value is -2.27. The molecule has 5 heteroatoms. The van der Waals surface area contributed by atoms with Crippen LogP contribution in [0, 0.1) is 5.82 Å². The van der Waals surface area contributed by atoms with Gasteiger partial charge in [-0.1, -0.05) is 48.0 Å². The Morgan fingerprint density at radius 2 is 1.62 bits per heavy atom. The summed E-state index contributed by atoms with van der Waals surface area (Å²) < 4.78 is 14.2. The molecule has 2 N–H and O–H groups in total. The highest BCUT2D eigenvalue weighted by molar-refractivity contribution is 6.31. The van der Waals surface area contributed by atoms with Gasteiger partial charge in [0.25, 0.3) is 0 Å². The molecule has 2 aromatic carbocycles. The van der Waals surface area contributed by atoms with Crippen molar-refractivity contribution in [3.63, 3.8) is 0 Å². The van der Waals surface area contributed by atoms with Crippen LogP contribution in [0.15, 0.2) is 67.0 Å². The minimum absolute atomic E-state index is 0.285. The monoisotopic (exact) mass is 369 g/mol. The average molecular weight is 370 g/mol. The first-order valence-electron chi connectivity index (χ1n) is 8.47. The molecule has 1 aromatic heterocycles. The lowest BCUT2D eigenvalue weighted by molar-refractivity contribution is 0.244. The Morgan fingerprint density at radius 1 is 0.885 bits per heavy atom. The van der Waals surface area contributed by atoms with Crippen LogP contribution in [0.25, 0.3) is 0 Å². The molecule has 0 amide bonds. The predicted octanol–water partition coefficient (Wildman–Crippen LogP) is 4.54. The van der Waals surface area contributed by atoms with Crippen molar-refractivity contribution in [1.29, 1.82) is 0 Å². The summed E-state index contributed by atoms with van der Waals surface area (Å²) >= 11 is 6.23. The van der Waals surface area contributed by atoms with Gasteiger partial charge in [0, 0.05) is 49.2 Å². The topological polar surface area (TPSA) is 42.1 Å². The molecule has 0 unspecified atom stereocenters. The zero-order chi connectivity index (χ0) is 18.4. The Labute approximate surface area is 158 Å². The molecule has 0 aliphatic carbocycles. The molecule has 0 aliphatic rings. The van der Waals surface area contributed by atoms with Crippen LogP contribution in [0.2, 0.25) is 5.02 Å². The van der Waals surface area contributed by atoms with Gasteiger partial charge in [0.1, 0.15) is 5.82 Å². The molecule has 0 radical (unpaired) electrons. The molecule has 26 heavy (non-hydrogen) atoms. The Kier molecular flexibility index (Phi) is 6.34. The third-order valence-electron chi connectivity index (χ3n) is 4.24. The molecule has 0 saturated heterocycles. The van der Waals surface area contributed by atoms with E-state index in [0.717, 1.165) is 16.7 Å². The zero-order valence-electron chi connectivity index (χ0n) is 14.4. The molecule has 0 aliphatic heterocycles. The molecule has 0 saturated carbocycles. The second kappa shape index (κ2) is 8.90. The van der Waals surface area contributed by atoms with Gasteiger partial charge in [-0.2, -0.15) is 0 Å². The van der Waals surface area contributed by atoms with Crippen LogP contribution in [-0.2, 0) is 26.2 Å². The second-order valence-corrected chi connectivity index (χ2v) is 6.63. The van der Waals surface area contributed by atoms with Crippen molar-refractivity contribution in [2.45, 2.75) is 26.2 Å². The van der Waals surface area contributed by atoms with Gasteiger partial charge in [-0.3, -0.25) is 9.88 Å². The number of hydrogen-bond donors (Lipinski definition) is 1. The molecule has 3 aromatic rings. The van der Waals surface area contributed by atoms with Crippen molar-refractivity contribution in [1.82, 2.24) is 9.88 Å². The summed E-state index contributed by atoms with van der Waals surface area (Å²) in [6, 6.07) is 16.9. The molecule has 0 fully saturated rings. The van der Waals surface area contributed by atoms with Crippen molar-refractivity contribution in [3.05, 3.63) is 100 Å². The van der Waals surface area contributed by atoms with Gasteiger partial charge in [0.05, 0.1) is 0 Å². The molecule has 0 atom stereocenters. The largest absolute Gasteiger partial charge is 0.326 e. The van der Waals surface area contributed by atoms with Gasteiger partial charge in [0.2, 0.25) is 0 Å². The van der Waals surface area contributed by atoms with E-state index < -0.39 is 0 Å². The lowest BCUT2D eigenvalue weighted by Gasteiger charge is -2.23. The van der Waals surface area contributed by atoms with Gasteiger partial charge in [-0.05, 0) is 34.9 Å². The lowest BCUT2D eigenvalue weighted by Crippen LogP contribution is -2.23. The van der Waals surface area contributed by atoms with Gasteiger partial charge in [-0.15, -0.1) is 0 Å². The molecular formula is C21H21ClFN3. The van der Waals surface area contributed by atoms with E-state index in [4.69, 9.17) is 17.3 Å². The average Bonchev–Trinajstić information content (AvgIpc) is 2.66. The molecule has 0 spiro atoms. The highest BCUT2D eigenvalue weighted by Gasteiger charge is 2.14. The summed E-state index contributed by atoms with van der Waals surface area (Å²) in [4.78, 5) is 6.32.